The van der Waals surface area contributed by atoms with E-state index in [0.717, 1.165) is 11.1 Å². The monoisotopic (exact) mass is 256 g/mol. The third-order valence-corrected chi connectivity index (χ3v) is 3.84. The molecule has 1 saturated carbocycles. The molecule has 1 atom stereocenters. The summed E-state index contributed by atoms with van der Waals surface area (Å²) in [5.41, 5.74) is 3.70. The highest BCUT2D eigenvalue weighted by Crippen LogP contribution is 2.40. The quantitative estimate of drug-likeness (QED) is 0.876. The molecule has 0 spiro atoms. The average molecular weight is 256 g/mol. The molecule has 0 saturated heterocycles. The first-order chi connectivity index (χ1) is 9.15. The van der Waals surface area contributed by atoms with Crippen LogP contribution in [0.2, 0.25) is 0 Å². The Labute approximate surface area is 112 Å². The lowest BCUT2D eigenvalue weighted by molar-refractivity contribution is 0.219. The molecule has 2 aromatic carbocycles. The number of halogens is 1. The molecule has 0 heterocycles. The van der Waals surface area contributed by atoms with E-state index in [4.69, 9.17) is 0 Å². The molecule has 0 aliphatic heterocycles. The zero-order chi connectivity index (χ0) is 13.4. The lowest BCUT2D eigenvalue weighted by atomic mass is 9.96. The Kier molecular flexibility index (Phi) is 3.11. The number of aliphatic hydroxyl groups is 1. The van der Waals surface area contributed by atoms with E-state index in [1.54, 1.807) is 6.07 Å². The van der Waals surface area contributed by atoms with E-state index in [0.29, 0.717) is 11.5 Å². The van der Waals surface area contributed by atoms with Gasteiger partial charge in [0.05, 0.1) is 0 Å². The van der Waals surface area contributed by atoms with Crippen molar-refractivity contribution in [3.05, 3.63) is 70.5 Å². The maximum absolute atomic E-state index is 13.3. The standard InChI is InChI=1S/C17H17FO/c1-11-2-9-15(18)10-16(11)17(19)14-7-5-13(6-8-14)12-3-4-12/h2,5-10,12,17,19H,3-4H2,1H3. The number of aliphatic hydroxyl groups excluding tert-OH is 1. The molecule has 0 bridgehead atoms. The SMILES string of the molecule is Cc1ccc(F)cc1C(O)c1ccc(C2CC2)cc1. The molecular weight excluding hydrogens is 239 g/mol. The molecule has 1 unspecified atom stereocenters. The van der Waals surface area contributed by atoms with Crippen LogP contribution >= 0.6 is 0 Å². The molecule has 2 aromatic rings. The lowest BCUT2D eigenvalue weighted by Gasteiger charge is -2.14. The summed E-state index contributed by atoms with van der Waals surface area (Å²) in [5.74, 6) is 0.399. The van der Waals surface area contributed by atoms with Crippen molar-refractivity contribution in [2.24, 2.45) is 0 Å². The molecule has 1 nitrogen and oxygen atoms in total. The van der Waals surface area contributed by atoms with Crippen LogP contribution in [0.5, 0.6) is 0 Å². The summed E-state index contributed by atoms with van der Waals surface area (Å²) in [6.45, 7) is 1.89. The molecule has 1 aliphatic rings. The fourth-order valence-electron chi connectivity index (χ4n) is 2.45. The second-order valence-corrected chi connectivity index (χ2v) is 5.34. The number of aryl methyl sites for hydroxylation is 1. The first-order valence-corrected chi connectivity index (χ1v) is 6.69. The Morgan fingerprint density at radius 2 is 1.79 bits per heavy atom. The molecule has 0 amide bonds. The highest BCUT2D eigenvalue weighted by Gasteiger charge is 2.23. The van der Waals surface area contributed by atoms with Crippen LogP contribution in [0.15, 0.2) is 42.5 Å². The van der Waals surface area contributed by atoms with Crippen molar-refractivity contribution in [1.82, 2.24) is 0 Å². The van der Waals surface area contributed by atoms with Crippen molar-refractivity contribution in [1.29, 1.82) is 0 Å². The molecule has 2 heteroatoms. The van der Waals surface area contributed by atoms with E-state index in [9.17, 15) is 9.50 Å². The maximum atomic E-state index is 13.3. The summed E-state index contributed by atoms with van der Waals surface area (Å²) in [5, 5.41) is 10.4. The van der Waals surface area contributed by atoms with Gasteiger partial charge in [-0.1, -0.05) is 30.3 Å². The third-order valence-electron chi connectivity index (χ3n) is 3.84. The van der Waals surface area contributed by atoms with Crippen LogP contribution < -0.4 is 0 Å². The topological polar surface area (TPSA) is 20.2 Å². The van der Waals surface area contributed by atoms with Crippen LogP contribution in [0.4, 0.5) is 4.39 Å². The molecule has 1 fully saturated rings. The van der Waals surface area contributed by atoms with Gasteiger partial charge in [0.25, 0.3) is 0 Å². The normalized spacial score (nSPS) is 16.4. The van der Waals surface area contributed by atoms with Crippen molar-refractivity contribution >= 4 is 0 Å². The zero-order valence-corrected chi connectivity index (χ0v) is 10.9. The van der Waals surface area contributed by atoms with Crippen molar-refractivity contribution in [3.8, 4) is 0 Å². The van der Waals surface area contributed by atoms with Crippen LogP contribution in [0, 0.1) is 12.7 Å². The first-order valence-electron chi connectivity index (χ1n) is 6.69. The van der Waals surface area contributed by atoms with Crippen LogP contribution in [0.1, 0.15) is 47.1 Å². The molecule has 1 N–H and O–H groups in total. The van der Waals surface area contributed by atoms with Gasteiger partial charge in [0.15, 0.2) is 0 Å². The maximum Gasteiger partial charge on any atom is 0.123 e. The molecule has 19 heavy (non-hydrogen) atoms. The van der Waals surface area contributed by atoms with E-state index in [1.165, 1.54) is 30.5 Å². The Morgan fingerprint density at radius 3 is 2.42 bits per heavy atom. The highest BCUT2D eigenvalue weighted by atomic mass is 19.1. The first kappa shape index (κ1) is 12.4. The summed E-state index contributed by atoms with van der Waals surface area (Å²) in [6, 6.07) is 12.6. The van der Waals surface area contributed by atoms with E-state index >= 15 is 0 Å². The minimum atomic E-state index is -0.760. The van der Waals surface area contributed by atoms with Gasteiger partial charge in [-0.05, 0) is 60.1 Å². The minimum absolute atomic E-state index is 0.311. The Balaban J connectivity index is 1.89. The van der Waals surface area contributed by atoms with Gasteiger partial charge >= 0.3 is 0 Å². The van der Waals surface area contributed by atoms with Crippen molar-refractivity contribution < 1.29 is 9.50 Å². The summed E-state index contributed by atoms with van der Waals surface area (Å²) in [7, 11) is 0. The Morgan fingerprint density at radius 1 is 1.11 bits per heavy atom. The number of rotatable bonds is 3. The van der Waals surface area contributed by atoms with Crippen LogP contribution in [0.3, 0.4) is 0 Å². The fourth-order valence-corrected chi connectivity index (χ4v) is 2.45. The summed E-state index contributed by atoms with van der Waals surface area (Å²) in [4.78, 5) is 0. The predicted molar refractivity (Wildman–Crippen MR) is 73.6 cm³/mol. The number of hydrogen-bond acceptors (Lipinski definition) is 1. The third kappa shape index (κ3) is 2.54. The molecular formula is C17H17FO. The molecule has 98 valence electrons. The summed E-state index contributed by atoms with van der Waals surface area (Å²) >= 11 is 0. The second-order valence-electron chi connectivity index (χ2n) is 5.34. The highest BCUT2D eigenvalue weighted by molar-refractivity contribution is 5.37. The van der Waals surface area contributed by atoms with Crippen LogP contribution in [0.25, 0.3) is 0 Å². The summed E-state index contributed by atoms with van der Waals surface area (Å²) in [6.07, 6.45) is 1.78. The Hall–Kier alpha value is -1.67. The average Bonchev–Trinajstić information content (AvgIpc) is 3.25. The van der Waals surface area contributed by atoms with Crippen molar-refractivity contribution in [3.63, 3.8) is 0 Å². The number of hydrogen-bond donors (Lipinski definition) is 1. The zero-order valence-electron chi connectivity index (χ0n) is 10.9. The van der Waals surface area contributed by atoms with Gasteiger partial charge < -0.3 is 5.11 Å². The molecule has 0 aromatic heterocycles. The largest absolute Gasteiger partial charge is 0.384 e. The van der Waals surface area contributed by atoms with E-state index in [-0.39, 0.29) is 5.82 Å². The van der Waals surface area contributed by atoms with Crippen LogP contribution in [-0.2, 0) is 0 Å². The van der Waals surface area contributed by atoms with Crippen molar-refractivity contribution in [2.75, 3.05) is 0 Å². The fraction of sp³-hybridized carbons (Fsp3) is 0.294. The van der Waals surface area contributed by atoms with Gasteiger partial charge in [-0.15, -0.1) is 0 Å². The smallest absolute Gasteiger partial charge is 0.123 e. The predicted octanol–water partition coefficient (Wildman–Crippen LogP) is 4.09. The molecule has 0 radical (unpaired) electrons. The van der Waals surface area contributed by atoms with Gasteiger partial charge in [-0.2, -0.15) is 0 Å². The van der Waals surface area contributed by atoms with E-state index < -0.39 is 6.10 Å². The van der Waals surface area contributed by atoms with E-state index in [2.05, 4.69) is 12.1 Å². The Bertz CT molecular complexity index is 585. The summed E-state index contributed by atoms with van der Waals surface area (Å²) < 4.78 is 13.3. The van der Waals surface area contributed by atoms with Gasteiger partial charge in [-0.25, -0.2) is 4.39 Å². The van der Waals surface area contributed by atoms with Gasteiger partial charge in [-0.3, -0.25) is 0 Å². The number of benzene rings is 2. The van der Waals surface area contributed by atoms with Crippen molar-refractivity contribution in [2.45, 2.75) is 31.8 Å². The van der Waals surface area contributed by atoms with Gasteiger partial charge in [0.2, 0.25) is 0 Å². The molecule has 3 rings (SSSR count). The second kappa shape index (κ2) is 4.78. The van der Waals surface area contributed by atoms with Gasteiger partial charge in [0.1, 0.15) is 11.9 Å². The van der Waals surface area contributed by atoms with E-state index in [1.807, 2.05) is 19.1 Å². The minimum Gasteiger partial charge on any atom is -0.384 e. The lowest BCUT2D eigenvalue weighted by Crippen LogP contribution is -2.02. The van der Waals surface area contributed by atoms with Crippen LogP contribution in [-0.4, -0.2) is 5.11 Å². The van der Waals surface area contributed by atoms with Gasteiger partial charge in [0, 0.05) is 0 Å². The molecule has 1 aliphatic carbocycles.